The first kappa shape index (κ1) is 37.0. The molecule has 0 N–H and O–H groups in total. The zero-order chi connectivity index (χ0) is 42.6. The number of rotatable bonds is 6. The number of hydrogen-bond acceptors (Lipinski definition) is 3. The standard InChI is InChI=1S/C61H46N4/c1-3-13-41(14-4-1)58-62-59(42-15-5-2-6-16-42)64-60(63-58)46-35-44(40-23-26-49(27-24-40)65-56-21-11-8-18-52(56)53-19-9-12-22-57(53)65)34-45(36-46)43-25-28-51-50-17-7-10-20-54(50)61(55(51)37-43)47-30-38-29-39(32-47)33-48(61)31-38/h1-28,34-39,47-48H,29-33H2. The minimum absolute atomic E-state index is 0.0851. The van der Waals surface area contributed by atoms with Gasteiger partial charge in [0.05, 0.1) is 11.0 Å². The molecule has 4 heteroatoms. The molecule has 5 aliphatic carbocycles. The van der Waals surface area contributed by atoms with Gasteiger partial charge < -0.3 is 4.57 Å². The van der Waals surface area contributed by atoms with Gasteiger partial charge in [0.2, 0.25) is 0 Å². The number of nitrogens with zero attached hydrogens (tertiary/aromatic N) is 4. The van der Waals surface area contributed by atoms with Crippen LogP contribution in [0.3, 0.4) is 0 Å². The zero-order valence-corrected chi connectivity index (χ0v) is 36.1. The molecule has 0 radical (unpaired) electrons. The van der Waals surface area contributed by atoms with Gasteiger partial charge in [-0.25, -0.2) is 15.0 Å². The normalized spacial score (nSPS) is 21.3. The number of aromatic nitrogens is 4. The van der Waals surface area contributed by atoms with Crippen molar-refractivity contribution in [2.45, 2.75) is 37.5 Å². The van der Waals surface area contributed by atoms with E-state index in [-0.39, 0.29) is 5.41 Å². The average Bonchev–Trinajstić information content (AvgIpc) is 3.86. The number of hydrogen-bond donors (Lipinski definition) is 0. The Balaban J connectivity index is 0.959. The topological polar surface area (TPSA) is 43.6 Å². The predicted molar refractivity (Wildman–Crippen MR) is 265 cm³/mol. The maximum atomic E-state index is 5.25. The van der Waals surface area contributed by atoms with Crippen molar-refractivity contribution >= 4 is 21.8 Å². The van der Waals surface area contributed by atoms with Crippen LogP contribution in [0, 0.1) is 23.7 Å². The first-order valence-corrected chi connectivity index (χ1v) is 23.5. The van der Waals surface area contributed by atoms with E-state index >= 15 is 0 Å². The van der Waals surface area contributed by atoms with E-state index in [1.807, 2.05) is 36.4 Å². The van der Waals surface area contributed by atoms with Crippen molar-refractivity contribution in [3.05, 3.63) is 205 Å². The predicted octanol–water partition coefficient (Wildman–Crippen LogP) is 15.0. The molecule has 0 atom stereocenters. The van der Waals surface area contributed by atoms with Crippen LogP contribution >= 0.6 is 0 Å². The summed E-state index contributed by atoms with van der Waals surface area (Å²) in [4.78, 5) is 15.6. The SMILES string of the molecule is c1ccc(-c2nc(-c3ccccc3)nc(-c3cc(-c4ccc(-n5c6ccccc6c6ccccc65)cc4)cc(-c4ccc5c(c4)C4(c6ccccc6-5)C5CC6CC(C5)CC4C6)c3)n2)cc1. The average molecular weight is 835 g/mol. The molecule has 5 aliphatic rings. The Bertz CT molecular complexity index is 3350. The molecule has 10 aromatic rings. The van der Waals surface area contributed by atoms with Crippen molar-refractivity contribution in [2.75, 3.05) is 0 Å². The van der Waals surface area contributed by atoms with Gasteiger partial charge in [-0.1, -0.05) is 146 Å². The summed E-state index contributed by atoms with van der Waals surface area (Å²) in [5.41, 5.74) is 17.3. The Morgan fingerprint density at radius 3 is 1.45 bits per heavy atom. The third-order valence-electron chi connectivity index (χ3n) is 15.8. The molecule has 0 unspecified atom stereocenters. The lowest BCUT2D eigenvalue weighted by Gasteiger charge is -2.61. The third-order valence-corrected chi connectivity index (χ3v) is 15.8. The molecule has 2 heterocycles. The Morgan fingerprint density at radius 1 is 0.354 bits per heavy atom. The van der Waals surface area contributed by atoms with E-state index in [0.717, 1.165) is 45.3 Å². The molecule has 0 saturated heterocycles. The van der Waals surface area contributed by atoms with Crippen molar-refractivity contribution in [2.24, 2.45) is 23.7 Å². The van der Waals surface area contributed by atoms with Crippen LogP contribution in [0.2, 0.25) is 0 Å². The molecule has 15 rings (SSSR count). The van der Waals surface area contributed by atoms with E-state index in [9.17, 15) is 0 Å². The number of para-hydroxylation sites is 2. The van der Waals surface area contributed by atoms with E-state index in [4.69, 9.17) is 15.0 Å². The van der Waals surface area contributed by atoms with Gasteiger partial charge in [0.25, 0.3) is 0 Å². The molecule has 1 spiro atoms. The summed E-state index contributed by atoms with van der Waals surface area (Å²) in [7, 11) is 0. The summed E-state index contributed by atoms with van der Waals surface area (Å²) in [6.07, 6.45) is 6.90. The van der Waals surface area contributed by atoms with E-state index < -0.39 is 0 Å². The fourth-order valence-electron chi connectivity index (χ4n) is 13.4. The molecule has 65 heavy (non-hydrogen) atoms. The quantitative estimate of drug-likeness (QED) is 0.168. The highest BCUT2D eigenvalue weighted by Gasteiger charge is 2.61. The first-order valence-electron chi connectivity index (χ1n) is 23.5. The van der Waals surface area contributed by atoms with Crippen molar-refractivity contribution in [3.63, 3.8) is 0 Å². The minimum atomic E-state index is 0.0851. The Labute approximate surface area is 379 Å². The fourth-order valence-corrected chi connectivity index (χ4v) is 13.4. The van der Waals surface area contributed by atoms with Crippen LogP contribution in [0.1, 0.15) is 43.2 Å². The van der Waals surface area contributed by atoms with Crippen molar-refractivity contribution < 1.29 is 0 Å². The maximum Gasteiger partial charge on any atom is 0.164 e. The molecule has 4 bridgehead atoms. The van der Waals surface area contributed by atoms with Crippen molar-refractivity contribution in [1.29, 1.82) is 0 Å². The molecule has 4 saturated carbocycles. The number of fused-ring (bicyclic) bond motifs is 6. The van der Waals surface area contributed by atoms with Gasteiger partial charge in [-0.05, 0) is 149 Å². The van der Waals surface area contributed by atoms with Crippen LogP contribution in [0.5, 0.6) is 0 Å². The molecular weight excluding hydrogens is 789 g/mol. The van der Waals surface area contributed by atoms with Crippen LogP contribution in [0.15, 0.2) is 194 Å². The molecule has 0 aliphatic heterocycles. The second kappa shape index (κ2) is 14.3. The molecule has 8 aromatic carbocycles. The monoisotopic (exact) mass is 834 g/mol. The first-order chi connectivity index (χ1) is 32.2. The van der Waals surface area contributed by atoms with Crippen LogP contribution in [0.4, 0.5) is 0 Å². The summed E-state index contributed by atoms with van der Waals surface area (Å²) in [6.45, 7) is 0. The lowest BCUT2D eigenvalue weighted by atomic mass is 9.43. The van der Waals surface area contributed by atoms with E-state index in [1.165, 1.54) is 76.2 Å². The highest BCUT2D eigenvalue weighted by molar-refractivity contribution is 6.09. The molecule has 0 amide bonds. The molecular formula is C61H46N4. The lowest BCUT2D eigenvalue weighted by Crippen LogP contribution is -2.55. The van der Waals surface area contributed by atoms with E-state index in [2.05, 4.69) is 162 Å². The largest absolute Gasteiger partial charge is 0.309 e. The molecule has 2 aromatic heterocycles. The zero-order valence-electron chi connectivity index (χ0n) is 36.1. The van der Waals surface area contributed by atoms with Crippen LogP contribution in [0.25, 0.3) is 95.0 Å². The highest BCUT2D eigenvalue weighted by atomic mass is 15.0. The Hall–Kier alpha value is -7.43. The second-order valence-corrected chi connectivity index (χ2v) is 19.2. The summed E-state index contributed by atoms with van der Waals surface area (Å²) >= 11 is 0. The van der Waals surface area contributed by atoms with Crippen molar-refractivity contribution in [1.82, 2.24) is 19.5 Å². The Morgan fingerprint density at radius 2 is 0.831 bits per heavy atom. The molecule has 310 valence electrons. The molecule has 4 nitrogen and oxygen atoms in total. The van der Waals surface area contributed by atoms with Gasteiger partial charge in [-0.2, -0.15) is 0 Å². The second-order valence-electron chi connectivity index (χ2n) is 19.2. The van der Waals surface area contributed by atoms with Gasteiger partial charge in [-0.15, -0.1) is 0 Å². The van der Waals surface area contributed by atoms with Gasteiger partial charge in [0.15, 0.2) is 17.5 Å². The lowest BCUT2D eigenvalue weighted by molar-refractivity contribution is -0.0399. The highest BCUT2D eigenvalue weighted by Crippen LogP contribution is 2.69. The van der Waals surface area contributed by atoms with Crippen molar-refractivity contribution in [3.8, 4) is 73.2 Å². The van der Waals surface area contributed by atoms with Gasteiger partial charge in [0.1, 0.15) is 0 Å². The number of benzene rings is 8. The molecule has 4 fully saturated rings. The Kier molecular flexibility index (Phi) is 8.13. The van der Waals surface area contributed by atoms with Gasteiger partial charge in [-0.3, -0.25) is 0 Å². The van der Waals surface area contributed by atoms with Gasteiger partial charge >= 0.3 is 0 Å². The van der Waals surface area contributed by atoms with Crippen LogP contribution in [-0.4, -0.2) is 19.5 Å². The van der Waals surface area contributed by atoms with Crippen LogP contribution in [-0.2, 0) is 5.41 Å². The smallest absolute Gasteiger partial charge is 0.164 e. The van der Waals surface area contributed by atoms with E-state index in [0.29, 0.717) is 29.3 Å². The summed E-state index contributed by atoms with van der Waals surface area (Å²) in [5, 5.41) is 2.53. The summed E-state index contributed by atoms with van der Waals surface area (Å²) in [5.74, 6) is 5.17. The third kappa shape index (κ3) is 5.66. The summed E-state index contributed by atoms with van der Waals surface area (Å²) < 4.78 is 2.39. The van der Waals surface area contributed by atoms with E-state index in [1.54, 1.807) is 11.1 Å². The van der Waals surface area contributed by atoms with Gasteiger partial charge in [0, 0.05) is 38.6 Å². The minimum Gasteiger partial charge on any atom is -0.309 e. The fraction of sp³-hybridized carbons (Fsp3) is 0.164. The maximum absolute atomic E-state index is 5.25. The summed E-state index contributed by atoms with van der Waals surface area (Å²) in [6, 6.07) is 70.9. The van der Waals surface area contributed by atoms with Crippen LogP contribution < -0.4 is 0 Å².